The fraction of sp³-hybridized carbons (Fsp3) is 0.811. The minimum Gasteiger partial charge on any atom is -0.394 e. The van der Waals surface area contributed by atoms with Crippen molar-refractivity contribution in [3.8, 4) is 0 Å². The molecule has 0 radical (unpaired) electrons. The maximum atomic E-state index is 12.3. The summed E-state index contributed by atoms with van der Waals surface area (Å²) >= 11 is 0. The zero-order chi connectivity index (χ0) is 30.9. The Bertz CT molecular complexity index is 660. The van der Waals surface area contributed by atoms with Crippen LogP contribution in [-0.4, -0.2) is 46.1 Å². The highest BCUT2D eigenvalue weighted by Crippen LogP contribution is 2.12. The first-order valence-corrected chi connectivity index (χ1v) is 17.8. The van der Waals surface area contributed by atoms with E-state index in [1.165, 1.54) is 89.9 Å². The van der Waals surface area contributed by atoms with E-state index in [4.69, 9.17) is 0 Å². The Morgan fingerprint density at radius 2 is 1.00 bits per heavy atom. The van der Waals surface area contributed by atoms with Gasteiger partial charge in [-0.05, 0) is 70.6 Å². The Hall–Kier alpha value is -1.43. The van der Waals surface area contributed by atoms with Crippen LogP contribution in [0, 0.1) is 0 Å². The van der Waals surface area contributed by atoms with Crippen LogP contribution in [0.3, 0.4) is 0 Å². The molecule has 5 nitrogen and oxygen atoms in total. The van der Waals surface area contributed by atoms with Crippen molar-refractivity contribution in [2.45, 2.75) is 186 Å². The molecule has 0 aromatic carbocycles. The highest BCUT2D eigenvalue weighted by Gasteiger charge is 2.26. The third kappa shape index (κ3) is 27.4. The number of carbonyl (C=O) groups is 1. The lowest BCUT2D eigenvalue weighted by Crippen LogP contribution is -2.50. The monoisotopic (exact) mass is 592 g/mol. The number of hydrogen-bond acceptors (Lipinski definition) is 4. The summed E-state index contributed by atoms with van der Waals surface area (Å²) in [7, 11) is 0. The largest absolute Gasteiger partial charge is 0.394 e. The summed E-state index contributed by atoms with van der Waals surface area (Å²) in [4.78, 5) is 12.3. The summed E-state index contributed by atoms with van der Waals surface area (Å²) < 4.78 is 0. The molecule has 246 valence electrons. The van der Waals surface area contributed by atoms with Crippen LogP contribution in [0.4, 0.5) is 0 Å². The number of amides is 1. The highest BCUT2D eigenvalue weighted by atomic mass is 16.3. The molecule has 0 heterocycles. The number of allylic oxidation sites excluding steroid dienone is 6. The summed E-state index contributed by atoms with van der Waals surface area (Å²) in [5.41, 5.74) is 0. The van der Waals surface area contributed by atoms with Crippen molar-refractivity contribution >= 4 is 5.91 Å². The van der Waals surface area contributed by atoms with Gasteiger partial charge in [-0.2, -0.15) is 0 Å². The summed E-state index contributed by atoms with van der Waals surface area (Å²) in [5, 5.41) is 33.2. The first-order valence-electron chi connectivity index (χ1n) is 17.8. The van der Waals surface area contributed by atoms with Crippen LogP contribution in [0.15, 0.2) is 36.5 Å². The number of hydrogen-bond donors (Lipinski definition) is 4. The summed E-state index contributed by atoms with van der Waals surface area (Å²) in [6.45, 7) is 4.09. The summed E-state index contributed by atoms with van der Waals surface area (Å²) in [5.74, 6) is -0.172. The Labute approximate surface area is 260 Å². The van der Waals surface area contributed by atoms with Crippen LogP contribution in [0.5, 0.6) is 0 Å². The lowest BCUT2D eigenvalue weighted by Gasteiger charge is -2.26. The van der Waals surface area contributed by atoms with Crippen molar-refractivity contribution in [1.29, 1.82) is 0 Å². The van der Waals surface area contributed by atoms with Gasteiger partial charge in [-0.15, -0.1) is 0 Å². The molecule has 0 aliphatic heterocycles. The molecule has 42 heavy (non-hydrogen) atoms. The van der Waals surface area contributed by atoms with Gasteiger partial charge in [0.05, 0.1) is 18.8 Å². The standard InChI is InChI=1S/C37H69NO4/c1-3-5-7-9-11-13-15-16-17-18-19-20-22-23-25-27-29-31-35(40)37(42)34(33-39)38-36(41)32-30-28-26-24-21-14-12-10-8-6-4-2/h10,12,18-19,23,25,34-35,37,39-40,42H,3-9,11,13-17,20-22,24,26-33H2,1-2H3,(H,38,41)/b12-10-,19-18+,25-23+. The molecule has 4 N–H and O–H groups in total. The van der Waals surface area contributed by atoms with Crippen LogP contribution in [0.25, 0.3) is 0 Å². The van der Waals surface area contributed by atoms with Crippen molar-refractivity contribution in [3.05, 3.63) is 36.5 Å². The van der Waals surface area contributed by atoms with E-state index in [9.17, 15) is 20.1 Å². The average Bonchev–Trinajstić information content (AvgIpc) is 2.99. The topological polar surface area (TPSA) is 89.8 Å². The number of carbonyl (C=O) groups excluding carboxylic acids is 1. The lowest BCUT2D eigenvalue weighted by atomic mass is 10.0. The molecule has 5 heteroatoms. The minimum atomic E-state index is -1.17. The fourth-order valence-electron chi connectivity index (χ4n) is 5.10. The maximum absolute atomic E-state index is 12.3. The Morgan fingerprint density at radius 1 is 0.571 bits per heavy atom. The van der Waals surface area contributed by atoms with Crippen molar-refractivity contribution in [2.24, 2.45) is 0 Å². The molecule has 0 spiro atoms. The van der Waals surface area contributed by atoms with Crippen molar-refractivity contribution in [1.82, 2.24) is 5.32 Å². The van der Waals surface area contributed by atoms with E-state index in [1.54, 1.807) is 0 Å². The molecular formula is C37H69NO4. The molecule has 0 aromatic heterocycles. The highest BCUT2D eigenvalue weighted by molar-refractivity contribution is 5.76. The Kier molecular flexibility index (Phi) is 31.4. The van der Waals surface area contributed by atoms with Gasteiger partial charge >= 0.3 is 0 Å². The van der Waals surface area contributed by atoms with E-state index in [0.717, 1.165) is 51.4 Å². The lowest BCUT2D eigenvalue weighted by molar-refractivity contribution is -0.124. The first-order chi connectivity index (χ1) is 20.6. The zero-order valence-corrected chi connectivity index (χ0v) is 27.6. The summed E-state index contributed by atoms with van der Waals surface area (Å²) in [6.07, 6.45) is 38.1. The van der Waals surface area contributed by atoms with E-state index in [-0.39, 0.29) is 12.5 Å². The molecule has 0 aromatic rings. The second-order valence-corrected chi connectivity index (χ2v) is 12.0. The molecule has 3 unspecified atom stereocenters. The fourth-order valence-corrected chi connectivity index (χ4v) is 5.10. The number of aliphatic hydroxyl groups excluding tert-OH is 3. The van der Waals surface area contributed by atoms with Gasteiger partial charge in [0.1, 0.15) is 6.10 Å². The number of aliphatic hydroxyl groups is 3. The molecule has 0 saturated heterocycles. The van der Waals surface area contributed by atoms with Crippen LogP contribution < -0.4 is 5.32 Å². The van der Waals surface area contributed by atoms with Gasteiger partial charge in [0.15, 0.2) is 0 Å². The third-order valence-corrected chi connectivity index (χ3v) is 7.94. The smallest absolute Gasteiger partial charge is 0.220 e. The van der Waals surface area contributed by atoms with Crippen molar-refractivity contribution < 1.29 is 20.1 Å². The van der Waals surface area contributed by atoms with Crippen LogP contribution in [0.1, 0.15) is 168 Å². The average molecular weight is 592 g/mol. The van der Waals surface area contributed by atoms with Gasteiger partial charge in [0.2, 0.25) is 5.91 Å². The van der Waals surface area contributed by atoms with E-state index < -0.39 is 18.2 Å². The zero-order valence-electron chi connectivity index (χ0n) is 27.6. The molecule has 0 rings (SSSR count). The van der Waals surface area contributed by atoms with Crippen molar-refractivity contribution in [2.75, 3.05) is 6.61 Å². The van der Waals surface area contributed by atoms with Crippen LogP contribution >= 0.6 is 0 Å². The molecular weight excluding hydrogens is 522 g/mol. The second-order valence-electron chi connectivity index (χ2n) is 12.0. The number of rotatable bonds is 31. The van der Waals surface area contributed by atoms with Gasteiger partial charge in [-0.3, -0.25) is 4.79 Å². The van der Waals surface area contributed by atoms with Crippen LogP contribution in [-0.2, 0) is 4.79 Å². The van der Waals surface area contributed by atoms with E-state index >= 15 is 0 Å². The molecule has 3 atom stereocenters. The van der Waals surface area contributed by atoms with Gasteiger partial charge in [0, 0.05) is 6.42 Å². The van der Waals surface area contributed by atoms with Gasteiger partial charge < -0.3 is 20.6 Å². The molecule has 1 amide bonds. The molecule has 0 aliphatic carbocycles. The molecule has 0 fully saturated rings. The minimum absolute atomic E-state index is 0.172. The maximum Gasteiger partial charge on any atom is 0.220 e. The normalized spacial score (nSPS) is 14.3. The third-order valence-electron chi connectivity index (χ3n) is 7.94. The predicted octanol–water partition coefficient (Wildman–Crippen LogP) is 9.26. The van der Waals surface area contributed by atoms with Crippen molar-refractivity contribution in [3.63, 3.8) is 0 Å². The quantitative estimate of drug-likeness (QED) is 0.0478. The first kappa shape index (κ1) is 40.6. The molecule has 0 aliphatic rings. The second kappa shape index (κ2) is 32.5. The van der Waals surface area contributed by atoms with Gasteiger partial charge in [-0.25, -0.2) is 0 Å². The predicted molar refractivity (Wildman–Crippen MR) is 181 cm³/mol. The number of unbranched alkanes of at least 4 members (excludes halogenated alkanes) is 17. The van der Waals surface area contributed by atoms with E-state index in [1.807, 2.05) is 0 Å². The summed E-state index contributed by atoms with van der Waals surface area (Å²) in [6, 6.07) is -0.833. The van der Waals surface area contributed by atoms with Gasteiger partial charge in [0.25, 0.3) is 0 Å². The molecule has 0 bridgehead atoms. The molecule has 0 saturated carbocycles. The Balaban J connectivity index is 3.80. The van der Waals surface area contributed by atoms with Gasteiger partial charge in [-0.1, -0.05) is 127 Å². The van der Waals surface area contributed by atoms with E-state index in [2.05, 4.69) is 55.6 Å². The van der Waals surface area contributed by atoms with Crippen LogP contribution in [0.2, 0.25) is 0 Å². The Morgan fingerprint density at radius 3 is 1.52 bits per heavy atom. The number of nitrogens with one attached hydrogen (secondary N) is 1. The SMILES string of the molecule is CCCC/C=C\CCCCCCCC(=O)NC(CO)C(O)C(O)CCC/C=C/CC/C=C/CCCCCCCCCC. The van der Waals surface area contributed by atoms with E-state index in [0.29, 0.717) is 12.8 Å².